The summed E-state index contributed by atoms with van der Waals surface area (Å²) < 4.78 is 0. The van der Waals surface area contributed by atoms with Crippen LogP contribution in [-0.4, -0.2) is 0 Å². The molecule has 116 valence electrons. The molecule has 0 heterocycles. The van der Waals surface area contributed by atoms with Gasteiger partial charge in [-0.25, -0.2) is 0 Å². The molecule has 0 aromatic carbocycles. The number of hydrogen-bond acceptors (Lipinski definition) is 0. The van der Waals surface area contributed by atoms with Crippen LogP contribution in [0.5, 0.6) is 0 Å². The van der Waals surface area contributed by atoms with E-state index in [4.69, 9.17) is 0 Å². The average molecular weight is 277 g/mol. The molecule has 0 atom stereocenters. The standard InChI is InChI=1S/C20H36/c1-2-3-4-5-6-7-8-9-10-20-18-12-16-11-17(14-18)15-19(20)13-16/h16-20H,2-15H2,1H3. The molecule has 4 fully saturated rings. The highest BCUT2D eigenvalue weighted by Crippen LogP contribution is 2.57. The Hall–Kier alpha value is 0. The first-order valence-corrected chi connectivity index (χ1v) is 9.86. The summed E-state index contributed by atoms with van der Waals surface area (Å²) in [4.78, 5) is 0. The van der Waals surface area contributed by atoms with E-state index in [0.717, 1.165) is 29.6 Å². The van der Waals surface area contributed by atoms with Gasteiger partial charge < -0.3 is 0 Å². The summed E-state index contributed by atoms with van der Waals surface area (Å²) >= 11 is 0. The van der Waals surface area contributed by atoms with E-state index in [-0.39, 0.29) is 0 Å². The van der Waals surface area contributed by atoms with Crippen molar-refractivity contribution in [3.8, 4) is 0 Å². The lowest BCUT2D eigenvalue weighted by molar-refractivity contribution is -0.0404. The molecule has 0 saturated heterocycles. The molecular formula is C20H36. The molecule has 0 unspecified atom stereocenters. The summed E-state index contributed by atoms with van der Waals surface area (Å²) in [6.45, 7) is 2.31. The van der Waals surface area contributed by atoms with Crippen LogP contribution >= 0.6 is 0 Å². The fraction of sp³-hybridized carbons (Fsp3) is 1.00. The number of unbranched alkanes of at least 4 members (excludes halogenated alkanes) is 7. The van der Waals surface area contributed by atoms with Crippen LogP contribution in [0.25, 0.3) is 0 Å². The van der Waals surface area contributed by atoms with Crippen molar-refractivity contribution in [3.05, 3.63) is 0 Å². The van der Waals surface area contributed by atoms with Gasteiger partial charge in [0.05, 0.1) is 0 Å². The minimum atomic E-state index is 1.16. The second-order valence-electron chi connectivity index (χ2n) is 8.36. The predicted octanol–water partition coefficient (Wildman–Crippen LogP) is 6.59. The molecule has 0 radical (unpaired) electrons. The Morgan fingerprint density at radius 2 is 1.10 bits per heavy atom. The molecule has 0 aromatic heterocycles. The molecule has 4 bridgehead atoms. The Labute approximate surface area is 127 Å². The number of rotatable bonds is 9. The van der Waals surface area contributed by atoms with Gasteiger partial charge in [0.15, 0.2) is 0 Å². The summed E-state index contributed by atoms with van der Waals surface area (Å²) in [5.41, 5.74) is 0. The van der Waals surface area contributed by atoms with Gasteiger partial charge in [-0.1, -0.05) is 58.3 Å². The SMILES string of the molecule is CCCCCCCCCCC1C2CC3CC(C2)CC1C3. The molecule has 4 saturated carbocycles. The lowest BCUT2D eigenvalue weighted by atomic mass is 9.51. The third-order valence-electron chi connectivity index (χ3n) is 6.81. The molecule has 0 heteroatoms. The van der Waals surface area contributed by atoms with Gasteiger partial charge in [0.2, 0.25) is 0 Å². The third kappa shape index (κ3) is 3.60. The van der Waals surface area contributed by atoms with Crippen molar-refractivity contribution >= 4 is 0 Å². The monoisotopic (exact) mass is 276 g/mol. The van der Waals surface area contributed by atoms with E-state index in [1.165, 1.54) is 44.9 Å². The molecule has 0 aliphatic heterocycles. The van der Waals surface area contributed by atoms with Crippen molar-refractivity contribution in [3.63, 3.8) is 0 Å². The predicted molar refractivity (Wildman–Crippen MR) is 87.8 cm³/mol. The van der Waals surface area contributed by atoms with Crippen LogP contribution in [0.1, 0.15) is 96.8 Å². The van der Waals surface area contributed by atoms with Crippen LogP contribution in [0, 0.1) is 29.6 Å². The van der Waals surface area contributed by atoms with Crippen molar-refractivity contribution in [2.24, 2.45) is 29.6 Å². The van der Waals surface area contributed by atoms with Gasteiger partial charge in [0.25, 0.3) is 0 Å². The fourth-order valence-electron chi connectivity index (χ4n) is 6.02. The van der Waals surface area contributed by atoms with E-state index in [9.17, 15) is 0 Å². The first-order chi connectivity index (χ1) is 9.86. The maximum Gasteiger partial charge on any atom is -0.0357 e. The molecule has 4 aliphatic carbocycles. The van der Waals surface area contributed by atoms with Crippen LogP contribution in [0.4, 0.5) is 0 Å². The van der Waals surface area contributed by atoms with Crippen LogP contribution in [0.15, 0.2) is 0 Å². The fourth-order valence-corrected chi connectivity index (χ4v) is 6.02. The van der Waals surface area contributed by atoms with E-state index in [0.29, 0.717) is 0 Å². The molecule has 4 aliphatic rings. The summed E-state index contributed by atoms with van der Waals surface area (Å²) in [6.07, 6.45) is 21.6. The van der Waals surface area contributed by atoms with E-state index in [1.54, 1.807) is 44.9 Å². The van der Waals surface area contributed by atoms with Crippen LogP contribution < -0.4 is 0 Å². The molecule has 4 rings (SSSR count). The van der Waals surface area contributed by atoms with Crippen LogP contribution in [0.3, 0.4) is 0 Å². The first kappa shape index (κ1) is 14.9. The highest BCUT2D eigenvalue weighted by molar-refractivity contribution is 4.97. The number of hydrogen-bond donors (Lipinski definition) is 0. The minimum absolute atomic E-state index is 1.16. The summed E-state index contributed by atoms with van der Waals surface area (Å²) in [7, 11) is 0. The molecule has 0 amide bonds. The lowest BCUT2D eigenvalue weighted by Gasteiger charge is -2.54. The molecule has 20 heavy (non-hydrogen) atoms. The van der Waals surface area contributed by atoms with Gasteiger partial charge >= 0.3 is 0 Å². The Morgan fingerprint density at radius 1 is 0.600 bits per heavy atom. The zero-order valence-electron chi connectivity index (χ0n) is 13.8. The van der Waals surface area contributed by atoms with Crippen molar-refractivity contribution in [1.29, 1.82) is 0 Å². The van der Waals surface area contributed by atoms with Crippen LogP contribution in [-0.2, 0) is 0 Å². The van der Waals surface area contributed by atoms with Gasteiger partial charge in [-0.05, 0) is 68.1 Å². The highest BCUT2D eigenvalue weighted by atomic mass is 14.5. The third-order valence-corrected chi connectivity index (χ3v) is 6.81. The van der Waals surface area contributed by atoms with Crippen molar-refractivity contribution < 1.29 is 0 Å². The Morgan fingerprint density at radius 3 is 1.65 bits per heavy atom. The van der Waals surface area contributed by atoms with E-state index >= 15 is 0 Å². The van der Waals surface area contributed by atoms with Gasteiger partial charge in [-0.3, -0.25) is 0 Å². The molecule has 0 N–H and O–H groups in total. The Balaban J connectivity index is 1.28. The summed E-state index contributed by atoms with van der Waals surface area (Å²) in [5, 5.41) is 0. The first-order valence-electron chi connectivity index (χ1n) is 9.86. The molecular weight excluding hydrogens is 240 g/mol. The van der Waals surface area contributed by atoms with E-state index < -0.39 is 0 Å². The quantitative estimate of drug-likeness (QED) is 0.417. The van der Waals surface area contributed by atoms with Gasteiger partial charge in [0.1, 0.15) is 0 Å². The zero-order valence-corrected chi connectivity index (χ0v) is 13.8. The Kier molecular flexibility index (Phi) is 5.46. The van der Waals surface area contributed by atoms with E-state index in [1.807, 2.05) is 0 Å². The summed E-state index contributed by atoms with van der Waals surface area (Å²) in [5.74, 6) is 5.80. The van der Waals surface area contributed by atoms with Gasteiger partial charge in [-0.2, -0.15) is 0 Å². The van der Waals surface area contributed by atoms with Crippen LogP contribution in [0.2, 0.25) is 0 Å². The minimum Gasteiger partial charge on any atom is -0.0654 e. The average Bonchev–Trinajstić information content (AvgIpc) is 2.43. The molecule has 0 aromatic rings. The van der Waals surface area contributed by atoms with Crippen molar-refractivity contribution in [2.45, 2.75) is 96.8 Å². The second kappa shape index (κ2) is 7.32. The second-order valence-corrected chi connectivity index (χ2v) is 8.36. The molecule has 0 spiro atoms. The largest absolute Gasteiger partial charge is 0.0654 e. The smallest absolute Gasteiger partial charge is 0.0357 e. The normalized spacial score (nSPS) is 38.5. The van der Waals surface area contributed by atoms with Gasteiger partial charge in [0, 0.05) is 0 Å². The highest BCUT2D eigenvalue weighted by Gasteiger charge is 2.47. The zero-order chi connectivity index (χ0) is 13.8. The lowest BCUT2D eigenvalue weighted by Crippen LogP contribution is -2.44. The Bertz CT molecular complexity index is 252. The maximum absolute atomic E-state index is 2.31. The van der Waals surface area contributed by atoms with Crippen molar-refractivity contribution in [1.82, 2.24) is 0 Å². The maximum atomic E-state index is 2.31. The van der Waals surface area contributed by atoms with E-state index in [2.05, 4.69) is 6.92 Å². The summed E-state index contributed by atoms with van der Waals surface area (Å²) in [6, 6.07) is 0. The van der Waals surface area contributed by atoms with Crippen molar-refractivity contribution in [2.75, 3.05) is 0 Å². The topological polar surface area (TPSA) is 0 Å². The molecule has 0 nitrogen and oxygen atoms in total. The van der Waals surface area contributed by atoms with Gasteiger partial charge in [-0.15, -0.1) is 0 Å².